The van der Waals surface area contributed by atoms with Crippen molar-refractivity contribution in [1.29, 1.82) is 0 Å². The number of ether oxygens (including phenoxy) is 3. The van der Waals surface area contributed by atoms with Crippen LogP contribution in [-0.2, 0) is 28.6 Å². The van der Waals surface area contributed by atoms with E-state index >= 15 is 0 Å². The zero-order valence-electron chi connectivity index (χ0n) is 44.2. The number of esters is 3. The molecular weight excluding hydrogens is 829 g/mol. The van der Waals surface area contributed by atoms with Gasteiger partial charge in [-0.25, -0.2) is 0 Å². The third-order valence-corrected chi connectivity index (χ3v) is 12.2. The van der Waals surface area contributed by atoms with E-state index in [1.54, 1.807) is 0 Å². The quantitative estimate of drug-likeness (QED) is 0.0262. The van der Waals surface area contributed by atoms with E-state index in [9.17, 15) is 14.4 Å². The third kappa shape index (κ3) is 53.7. The molecule has 0 heterocycles. The molecule has 6 nitrogen and oxygen atoms in total. The van der Waals surface area contributed by atoms with Gasteiger partial charge in [0.15, 0.2) is 6.10 Å². The molecule has 0 aromatic heterocycles. The maximum Gasteiger partial charge on any atom is 0.306 e. The first-order valence-electron chi connectivity index (χ1n) is 28.4. The first-order chi connectivity index (χ1) is 33.0. The molecule has 0 amide bonds. The van der Waals surface area contributed by atoms with Gasteiger partial charge in [0.2, 0.25) is 0 Å². The van der Waals surface area contributed by atoms with Crippen LogP contribution in [0.3, 0.4) is 0 Å². The van der Waals surface area contributed by atoms with Crippen molar-refractivity contribution in [2.45, 2.75) is 284 Å². The summed E-state index contributed by atoms with van der Waals surface area (Å²) in [6, 6.07) is 0. The zero-order chi connectivity index (χ0) is 48.6. The summed E-state index contributed by atoms with van der Waals surface area (Å²) >= 11 is 0. The van der Waals surface area contributed by atoms with Crippen molar-refractivity contribution in [2.75, 3.05) is 13.2 Å². The van der Waals surface area contributed by atoms with E-state index in [2.05, 4.69) is 93.7 Å². The second kappa shape index (κ2) is 55.4. The molecule has 67 heavy (non-hydrogen) atoms. The summed E-state index contributed by atoms with van der Waals surface area (Å²) in [5.74, 6) is -0.896. The molecule has 0 aliphatic carbocycles. The predicted molar refractivity (Wildman–Crippen MR) is 288 cm³/mol. The molecule has 0 rings (SSSR count). The molecule has 0 spiro atoms. The van der Waals surface area contributed by atoms with Crippen LogP contribution in [0.2, 0.25) is 0 Å². The second-order valence-electron chi connectivity index (χ2n) is 18.8. The Balaban J connectivity index is 4.37. The molecule has 0 N–H and O–H groups in total. The molecule has 0 radical (unpaired) electrons. The number of allylic oxidation sites excluding steroid dienone is 12. The summed E-state index contributed by atoms with van der Waals surface area (Å²) in [6.07, 6.45) is 70.3. The third-order valence-electron chi connectivity index (χ3n) is 12.2. The van der Waals surface area contributed by atoms with E-state index in [4.69, 9.17) is 14.2 Å². The highest BCUT2D eigenvalue weighted by Gasteiger charge is 2.19. The van der Waals surface area contributed by atoms with Gasteiger partial charge in [-0.1, -0.05) is 261 Å². The number of carbonyl (C=O) groups excluding carboxylic acids is 3. The summed E-state index contributed by atoms with van der Waals surface area (Å²) in [5, 5.41) is 0. The Labute approximate surface area is 414 Å². The normalized spacial score (nSPS) is 12.6. The number of hydrogen-bond acceptors (Lipinski definition) is 6. The van der Waals surface area contributed by atoms with Crippen molar-refractivity contribution in [3.8, 4) is 0 Å². The van der Waals surface area contributed by atoms with E-state index < -0.39 is 6.10 Å². The van der Waals surface area contributed by atoms with Crippen molar-refractivity contribution >= 4 is 17.9 Å². The molecule has 1 atom stereocenters. The number of carbonyl (C=O) groups is 3. The van der Waals surface area contributed by atoms with Gasteiger partial charge in [-0.3, -0.25) is 14.4 Å². The molecule has 0 saturated carbocycles. The average Bonchev–Trinajstić information content (AvgIpc) is 3.33. The van der Waals surface area contributed by atoms with Crippen molar-refractivity contribution in [3.05, 3.63) is 72.9 Å². The molecule has 0 bridgehead atoms. The molecular formula is C61H106O6. The SMILES string of the molecule is CC/C=C\C/C=C\C/C=C\C/C=C\C/C=C\C/C=C\CCCCCCC(=O)OCC(COC(=O)CCCCCCCCCCCCCCC)OC(=O)CCCCCCCCCCCCCCC. The molecule has 0 aliphatic heterocycles. The lowest BCUT2D eigenvalue weighted by atomic mass is 10.0. The highest BCUT2D eigenvalue weighted by molar-refractivity contribution is 5.71. The number of unbranched alkanes of at least 4 members (excludes halogenated alkanes) is 28. The molecule has 0 aliphatic rings. The predicted octanol–water partition coefficient (Wildman–Crippen LogP) is 19.0. The lowest BCUT2D eigenvalue weighted by molar-refractivity contribution is -0.167. The van der Waals surface area contributed by atoms with Crippen LogP contribution >= 0.6 is 0 Å². The number of rotatable bonds is 51. The summed E-state index contributed by atoms with van der Waals surface area (Å²) in [7, 11) is 0. The Morgan fingerprint density at radius 1 is 0.313 bits per heavy atom. The van der Waals surface area contributed by atoms with Gasteiger partial charge >= 0.3 is 17.9 Å². The van der Waals surface area contributed by atoms with Crippen LogP contribution < -0.4 is 0 Å². The van der Waals surface area contributed by atoms with Crippen LogP contribution in [0.1, 0.15) is 278 Å². The van der Waals surface area contributed by atoms with E-state index in [-0.39, 0.29) is 31.1 Å². The average molecular weight is 936 g/mol. The standard InChI is InChI=1S/C61H106O6/c1-4-7-10-13-16-19-22-25-26-27-28-29-30-31-32-33-34-37-39-42-45-48-51-54-60(63)66-57-58(67-61(64)55-52-49-46-43-40-36-24-21-18-15-12-9-6-3)56-65-59(62)53-50-47-44-41-38-35-23-20-17-14-11-8-5-2/h7,10,16,19,25-26,28-29,31-32,34,37,58H,4-6,8-9,11-15,17-18,20-24,27,30,33,35-36,38-57H2,1-3H3/b10-7-,19-16-,26-25-,29-28-,32-31-,37-34-. The van der Waals surface area contributed by atoms with Crippen LogP contribution in [0.5, 0.6) is 0 Å². The fourth-order valence-corrected chi connectivity index (χ4v) is 7.98. The molecule has 1 unspecified atom stereocenters. The maximum absolute atomic E-state index is 12.8. The van der Waals surface area contributed by atoms with E-state index in [0.717, 1.165) is 109 Å². The molecule has 386 valence electrons. The Morgan fingerprint density at radius 3 is 0.910 bits per heavy atom. The van der Waals surface area contributed by atoms with Gasteiger partial charge in [-0.15, -0.1) is 0 Å². The van der Waals surface area contributed by atoms with Crippen molar-refractivity contribution in [2.24, 2.45) is 0 Å². The van der Waals surface area contributed by atoms with Crippen LogP contribution in [0.4, 0.5) is 0 Å². The van der Waals surface area contributed by atoms with E-state index in [1.165, 1.54) is 128 Å². The highest BCUT2D eigenvalue weighted by Crippen LogP contribution is 2.16. The summed E-state index contributed by atoms with van der Waals surface area (Å²) in [4.78, 5) is 38.1. The van der Waals surface area contributed by atoms with Gasteiger partial charge < -0.3 is 14.2 Å². The fourth-order valence-electron chi connectivity index (χ4n) is 7.98. The minimum atomic E-state index is -0.782. The Hall–Kier alpha value is -3.15. The van der Waals surface area contributed by atoms with Gasteiger partial charge in [0.05, 0.1) is 0 Å². The van der Waals surface area contributed by atoms with E-state index in [1.807, 2.05) is 0 Å². The summed E-state index contributed by atoms with van der Waals surface area (Å²) < 4.78 is 16.8. The first kappa shape index (κ1) is 63.8. The van der Waals surface area contributed by atoms with Crippen molar-refractivity contribution in [1.82, 2.24) is 0 Å². The first-order valence-corrected chi connectivity index (χ1v) is 28.4. The van der Waals surface area contributed by atoms with Crippen molar-refractivity contribution in [3.63, 3.8) is 0 Å². The molecule has 0 aromatic rings. The fraction of sp³-hybridized carbons (Fsp3) is 0.754. The van der Waals surface area contributed by atoms with Gasteiger partial charge in [0.1, 0.15) is 13.2 Å². The molecule has 6 heteroatoms. The van der Waals surface area contributed by atoms with E-state index in [0.29, 0.717) is 19.3 Å². The lowest BCUT2D eigenvalue weighted by Gasteiger charge is -2.18. The van der Waals surface area contributed by atoms with Gasteiger partial charge in [-0.05, 0) is 70.6 Å². The van der Waals surface area contributed by atoms with Gasteiger partial charge in [0.25, 0.3) is 0 Å². The Kier molecular flexibility index (Phi) is 52.8. The van der Waals surface area contributed by atoms with Crippen LogP contribution in [0, 0.1) is 0 Å². The van der Waals surface area contributed by atoms with Crippen LogP contribution in [0.25, 0.3) is 0 Å². The molecule has 0 aromatic carbocycles. The topological polar surface area (TPSA) is 78.9 Å². The maximum atomic E-state index is 12.8. The highest BCUT2D eigenvalue weighted by atomic mass is 16.6. The minimum Gasteiger partial charge on any atom is -0.462 e. The lowest BCUT2D eigenvalue weighted by Crippen LogP contribution is -2.30. The molecule has 0 fully saturated rings. The zero-order valence-corrected chi connectivity index (χ0v) is 44.2. The van der Waals surface area contributed by atoms with Crippen molar-refractivity contribution < 1.29 is 28.6 Å². The smallest absolute Gasteiger partial charge is 0.306 e. The summed E-state index contributed by atoms with van der Waals surface area (Å²) in [6.45, 7) is 6.52. The second-order valence-corrected chi connectivity index (χ2v) is 18.8. The monoisotopic (exact) mass is 935 g/mol. The Morgan fingerprint density at radius 2 is 0.582 bits per heavy atom. The van der Waals surface area contributed by atoms with Gasteiger partial charge in [-0.2, -0.15) is 0 Å². The summed E-state index contributed by atoms with van der Waals surface area (Å²) in [5.41, 5.74) is 0. The minimum absolute atomic E-state index is 0.0799. The van der Waals surface area contributed by atoms with Crippen LogP contribution in [-0.4, -0.2) is 37.2 Å². The number of hydrogen-bond donors (Lipinski definition) is 0. The Bertz CT molecular complexity index is 1260. The van der Waals surface area contributed by atoms with Crippen LogP contribution in [0.15, 0.2) is 72.9 Å². The molecule has 0 saturated heterocycles. The largest absolute Gasteiger partial charge is 0.462 e. The van der Waals surface area contributed by atoms with Gasteiger partial charge in [0, 0.05) is 19.3 Å².